The first-order valence-electron chi connectivity index (χ1n) is 3.94. The van der Waals surface area contributed by atoms with Crippen LogP contribution in [0.1, 0.15) is 5.56 Å². The lowest BCUT2D eigenvalue weighted by Gasteiger charge is -2.13. The van der Waals surface area contributed by atoms with E-state index in [4.69, 9.17) is 0 Å². The van der Waals surface area contributed by atoms with Crippen molar-refractivity contribution in [2.45, 2.75) is 6.42 Å². The predicted molar refractivity (Wildman–Crippen MR) is 58.9 cm³/mol. The van der Waals surface area contributed by atoms with Gasteiger partial charge in [-0.25, -0.2) is 0 Å². The molecule has 4 heteroatoms. The van der Waals surface area contributed by atoms with Crippen LogP contribution in [0.4, 0.5) is 10.1 Å². The highest BCUT2D eigenvalue weighted by atomic mass is 79.9. The molecule has 0 bridgehead atoms. The molecule has 0 unspecified atom stereocenters. The number of benzene rings is 1. The second kappa shape index (κ2) is 3.35. The molecule has 0 N–H and O–H groups in total. The molecule has 0 aromatic heterocycles. The van der Waals surface area contributed by atoms with Gasteiger partial charge in [0.1, 0.15) is 0 Å². The Kier molecular flexibility index (Phi) is 2.34. The smallest absolute Gasteiger partial charge is 0.260 e. The molecule has 1 aromatic rings. The molecule has 1 heterocycles. The van der Waals surface area contributed by atoms with Gasteiger partial charge in [0, 0.05) is 16.7 Å². The van der Waals surface area contributed by atoms with Gasteiger partial charge in [-0.2, -0.15) is 4.39 Å². The van der Waals surface area contributed by atoms with Gasteiger partial charge < -0.3 is 4.90 Å². The summed E-state index contributed by atoms with van der Waals surface area (Å²) >= 11 is 7.89. The third-order valence-electron chi connectivity index (χ3n) is 2.15. The summed E-state index contributed by atoms with van der Waals surface area (Å²) in [6.07, 6.45) is 0.860. The fraction of sp³-hybridized carbons (Fsp3) is 0.222. The molecule has 0 amide bonds. The molecule has 1 nitrogen and oxygen atoms in total. The molecule has 0 saturated heterocycles. The summed E-state index contributed by atoms with van der Waals surface area (Å²) in [5, 5.41) is -0.541. The molecule has 1 aliphatic rings. The van der Waals surface area contributed by atoms with Gasteiger partial charge in [0.25, 0.3) is 5.24 Å². The van der Waals surface area contributed by atoms with Crippen molar-refractivity contribution >= 4 is 39.1 Å². The molecular weight excluding hydrogens is 253 g/mol. The molecule has 0 saturated carbocycles. The maximum atomic E-state index is 12.8. The van der Waals surface area contributed by atoms with Gasteiger partial charge in [-0.05, 0) is 42.4 Å². The van der Waals surface area contributed by atoms with Crippen molar-refractivity contribution in [2.24, 2.45) is 0 Å². The van der Waals surface area contributed by atoms with Crippen LogP contribution in [0.3, 0.4) is 0 Å². The third kappa shape index (κ3) is 1.60. The summed E-state index contributed by atoms with van der Waals surface area (Å²) in [5.41, 5.74) is 2.05. The number of hydrogen-bond acceptors (Lipinski definition) is 1. The standard InChI is InChI=1S/C9H7BrFNS/c10-7-1-2-8-6(5-7)3-4-12(8)9(11)13/h1-2,5H,3-4H2. The summed E-state index contributed by atoms with van der Waals surface area (Å²) in [5.74, 6) is 0. The van der Waals surface area contributed by atoms with E-state index < -0.39 is 5.24 Å². The normalized spacial score (nSPS) is 14.5. The van der Waals surface area contributed by atoms with Crippen LogP contribution < -0.4 is 4.90 Å². The number of fused-ring (bicyclic) bond motifs is 1. The summed E-state index contributed by atoms with van der Waals surface area (Å²) in [6, 6.07) is 5.79. The molecule has 2 rings (SSSR count). The monoisotopic (exact) mass is 259 g/mol. The van der Waals surface area contributed by atoms with Crippen molar-refractivity contribution in [2.75, 3.05) is 11.4 Å². The third-order valence-corrected chi connectivity index (χ3v) is 2.86. The van der Waals surface area contributed by atoms with Gasteiger partial charge >= 0.3 is 0 Å². The Morgan fingerprint density at radius 3 is 3.00 bits per heavy atom. The highest BCUT2D eigenvalue weighted by molar-refractivity contribution is 9.10. The highest BCUT2D eigenvalue weighted by Gasteiger charge is 2.21. The summed E-state index contributed by atoms with van der Waals surface area (Å²) < 4.78 is 13.9. The van der Waals surface area contributed by atoms with Gasteiger partial charge in [-0.15, -0.1) is 0 Å². The Morgan fingerprint density at radius 1 is 1.54 bits per heavy atom. The Bertz CT molecular complexity index is 367. The molecule has 1 aliphatic heterocycles. The number of thiocarbonyl (C=S) groups is 1. The summed E-state index contributed by atoms with van der Waals surface area (Å²) in [4.78, 5) is 1.52. The maximum Gasteiger partial charge on any atom is 0.260 e. The number of nitrogens with zero attached hydrogens (tertiary/aromatic N) is 1. The van der Waals surface area contributed by atoms with E-state index in [-0.39, 0.29) is 0 Å². The van der Waals surface area contributed by atoms with Gasteiger partial charge in [0.15, 0.2) is 0 Å². The average molecular weight is 260 g/mol. The molecule has 0 radical (unpaired) electrons. The van der Waals surface area contributed by atoms with E-state index in [0.717, 1.165) is 22.1 Å². The topological polar surface area (TPSA) is 3.24 Å². The van der Waals surface area contributed by atoms with Crippen LogP contribution in [-0.4, -0.2) is 11.8 Å². The van der Waals surface area contributed by atoms with Crippen LogP contribution in [-0.2, 0) is 6.42 Å². The van der Waals surface area contributed by atoms with Crippen LogP contribution >= 0.6 is 28.1 Å². The largest absolute Gasteiger partial charge is 0.308 e. The number of anilines is 1. The Hall–Kier alpha value is -0.480. The van der Waals surface area contributed by atoms with Crippen LogP contribution in [0.2, 0.25) is 0 Å². The lowest BCUT2D eigenvalue weighted by Crippen LogP contribution is -2.23. The molecule has 0 fully saturated rings. The van der Waals surface area contributed by atoms with E-state index in [9.17, 15) is 4.39 Å². The molecule has 1 aromatic carbocycles. The minimum atomic E-state index is -0.541. The van der Waals surface area contributed by atoms with Gasteiger partial charge in [-0.1, -0.05) is 15.9 Å². The van der Waals surface area contributed by atoms with E-state index in [0.29, 0.717) is 6.54 Å². The van der Waals surface area contributed by atoms with Crippen LogP contribution in [0.25, 0.3) is 0 Å². The van der Waals surface area contributed by atoms with Crippen molar-refractivity contribution in [3.05, 3.63) is 28.2 Å². The highest BCUT2D eigenvalue weighted by Crippen LogP contribution is 2.30. The molecule has 0 aliphatic carbocycles. The fourth-order valence-corrected chi connectivity index (χ4v) is 2.15. The van der Waals surface area contributed by atoms with Gasteiger partial charge in [0.2, 0.25) is 0 Å². The van der Waals surface area contributed by atoms with Crippen molar-refractivity contribution in [3.63, 3.8) is 0 Å². The summed E-state index contributed by atoms with van der Waals surface area (Å²) in [6.45, 7) is 0.654. The van der Waals surface area contributed by atoms with Crippen molar-refractivity contribution < 1.29 is 4.39 Å². The second-order valence-electron chi connectivity index (χ2n) is 2.93. The molecule has 13 heavy (non-hydrogen) atoms. The SMILES string of the molecule is FC(=S)N1CCc2cc(Br)ccc21. The number of halogens is 2. The zero-order valence-corrected chi connectivity index (χ0v) is 9.16. The summed E-state index contributed by atoms with van der Waals surface area (Å²) in [7, 11) is 0. The van der Waals surface area contributed by atoms with E-state index in [2.05, 4.69) is 28.1 Å². The lowest BCUT2D eigenvalue weighted by atomic mass is 10.2. The van der Waals surface area contributed by atoms with E-state index in [1.54, 1.807) is 0 Å². The average Bonchev–Trinajstić information content (AvgIpc) is 2.46. The molecule has 68 valence electrons. The first-order valence-corrected chi connectivity index (χ1v) is 5.14. The Labute approximate surface area is 89.7 Å². The Morgan fingerprint density at radius 2 is 2.31 bits per heavy atom. The quantitative estimate of drug-likeness (QED) is 0.400. The lowest BCUT2D eigenvalue weighted by molar-refractivity contribution is 0.786. The minimum absolute atomic E-state index is 0.541. The number of rotatable bonds is 0. The Balaban J connectivity index is 2.44. The van der Waals surface area contributed by atoms with Gasteiger partial charge in [-0.3, -0.25) is 0 Å². The van der Waals surface area contributed by atoms with Gasteiger partial charge in [0.05, 0.1) is 0 Å². The van der Waals surface area contributed by atoms with Crippen LogP contribution in [0.15, 0.2) is 22.7 Å². The maximum absolute atomic E-state index is 12.8. The van der Waals surface area contributed by atoms with E-state index in [1.165, 1.54) is 4.90 Å². The zero-order valence-electron chi connectivity index (χ0n) is 6.76. The fourth-order valence-electron chi connectivity index (χ4n) is 1.55. The molecule has 0 atom stereocenters. The minimum Gasteiger partial charge on any atom is -0.308 e. The zero-order chi connectivity index (χ0) is 9.42. The van der Waals surface area contributed by atoms with Crippen molar-refractivity contribution in [3.8, 4) is 0 Å². The van der Waals surface area contributed by atoms with Crippen LogP contribution in [0, 0.1) is 0 Å². The molecule has 0 spiro atoms. The van der Waals surface area contributed by atoms with Crippen molar-refractivity contribution in [1.82, 2.24) is 0 Å². The predicted octanol–water partition coefficient (Wildman–Crippen LogP) is 3.07. The first-order chi connectivity index (χ1) is 6.18. The first kappa shape index (κ1) is 9.09. The van der Waals surface area contributed by atoms with Crippen LogP contribution in [0.5, 0.6) is 0 Å². The van der Waals surface area contributed by atoms with E-state index >= 15 is 0 Å². The van der Waals surface area contributed by atoms with Crippen molar-refractivity contribution in [1.29, 1.82) is 0 Å². The van der Waals surface area contributed by atoms with E-state index in [1.807, 2.05) is 18.2 Å². The second-order valence-corrected chi connectivity index (χ2v) is 4.18. The molecular formula is C9H7BrFNS. The number of hydrogen-bond donors (Lipinski definition) is 0.